The van der Waals surface area contributed by atoms with Crippen LogP contribution in [0.3, 0.4) is 0 Å². The average Bonchev–Trinajstić information content (AvgIpc) is 2.48. The van der Waals surface area contributed by atoms with Crippen molar-refractivity contribution < 1.29 is 13.2 Å². The predicted molar refractivity (Wildman–Crippen MR) is 115 cm³/mol. The molecule has 7 nitrogen and oxygen atoms in total. The molecule has 1 saturated heterocycles. The summed E-state index contributed by atoms with van der Waals surface area (Å²) in [6, 6.07) is 0. The summed E-state index contributed by atoms with van der Waals surface area (Å²) in [6.45, 7) is 12.6. The number of guanidine groups is 1. The molecule has 0 saturated carbocycles. The summed E-state index contributed by atoms with van der Waals surface area (Å²) in [6.07, 6.45) is 0.0558. The second kappa shape index (κ2) is 11.6. The Hall–Kier alpha value is -0.130. The van der Waals surface area contributed by atoms with Crippen LogP contribution in [0, 0.1) is 5.41 Å². The molecule has 0 aromatic carbocycles. The standard InChI is InChI=1S/C16H34N4O3S.HI/c1-6-17-15(19-13-14(23-5)16(2,3)4)18-7-8-20-9-11-24(21,22)12-10-20;/h14H,6-13H2,1-5H3,(H2,17,18,19);1H. The van der Waals surface area contributed by atoms with Crippen molar-refractivity contribution in [2.24, 2.45) is 10.4 Å². The van der Waals surface area contributed by atoms with Crippen LogP contribution in [0.2, 0.25) is 0 Å². The van der Waals surface area contributed by atoms with Crippen molar-refractivity contribution in [3.05, 3.63) is 0 Å². The van der Waals surface area contributed by atoms with Crippen molar-refractivity contribution in [1.29, 1.82) is 0 Å². The zero-order valence-corrected chi connectivity index (χ0v) is 19.3. The number of ether oxygens (including phenoxy) is 1. The third-order valence-electron chi connectivity index (χ3n) is 4.17. The Balaban J connectivity index is 0.00000576. The largest absolute Gasteiger partial charge is 0.379 e. The van der Waals surface area contributed by atoms with Gasteiger partial charge in [0.1, 0.15) is 0 Å². The number of halogens is 1. The fourth-order valence-electron chi connectivity index (χ4n) is 2.52. The van der Waals surface area contributed by atoms with Gasteiger partial charge < -0.3 is 15.4 Å². The second-order valence-corrected chi connectivity index (χ2v) is 9.53. The van der Waals surface area contributed by atoms with E-state index >= 15 is 0 Å². The minimum atomic E-state index is -2.81. The van der Waals surface area contributed by atoms with Gasteiger partial charge in [-0.15, -0.1) is 24.0 Å². The van der Waals surface area contributed by atoms with E-state index in [4.69, 9.17) is 4.74 Å². The van der Waals surface area contributed by atoms with E-state index in [2.05, 4.69) is 41.3 Å². The fourth-order valence-corrected chi connectivity index (χ4v) is 3.80. The molecule has 0 bridgehead atoms. The van der Waals surface area contributed by atoms with Gasteiger partial charge in [0.2, 0.25) is 0 Å². The molecular formula is C16H35IN4O3S. The third-order valence-corrected chi connectivity index (χ3v) is 5.78. The summed E-state index contributed by atoms with van der Waals surface area (Å²) in [5, 5.41) is 6.55. The van der Waals surface area contributed by atoms with Gasteiger partial charge in [-0.2, -0.15) is 0 Å². The van der Waals surface area contributed by atoms with Gasteiger partial charge in [0.05, 0.1) is 24.2 Å². The molecule has 1 aliphatic heterocycles. The highest BCUT2D eigenvalue weighted by Gasteiger charge is 2.24. The molecule has 0 aromatic rings. The molecule has 1 heterocycles. The van der Waals surface area contributed by atoms with Crippen LogP contribution in [-0.4, -0.2) is 83.3 Å². The zero-order chi connectivity index (χ0) is 18.2. The number of nitrogens with zero attached hydrogens (tertiary/aromatic N) is 2. The molecule has 0 radical (unpaired) electrons. The molecule has 0 spiro atoms. The Kier molecular flexibility index (Phi) is 11.5. The lowest BCUT2D eigenvalue weighted by molar-refractivity contribution is 0.0241. The molecule has 150 valence electrons. The normalized spacial score (nSPS) is 19.8. The van der Waals surface area contributed by atoms with Gasteiger partial charge in [-0.3, -0.25) is 9.89 Å². The lowest BCUT2D eigenvalue weighted by atomic mass is 9.89. The van der Waals surface area contributed by atoms with Gasteiger partial charge in [-0.1, -0.05) is 20.8 Å². The van der Waals surface area contributed by atoms with Crippen molar-refractivity contribution in [3.8, 4) is 0 Å². The number of nitrogens with one attached hydrogen (secondary N) is 2. The first-order valence-electron chi connectivity index (χ1n) is 8.65. The van der Waals surface area contributed by atoms with Crippen molar-refractivity contribution >= 4 is 39.8 Å². The molecule has 1 fully saturated rings. The Morgan fingerprint density at radius 2 is 1.84 bits per heavy atom. The summed E-state index contributed by atoms with van der Waals surface area (Å²) >= 11 is 0. The fraction of sp³-hybridized carbons (Fsp3) is 0.938. The van der Waals surface area contributed by atoms with Crippen molar-refractivity contribution in [3.63, 3.8) is 0 Å². The van der Waals surface area contributed by atoms with E-state index in [-0.39, 0.29) is 47.0 Å². The molecule has 1 rings (SSSR count). The topological polar surface area (TPSA) is 83.0 Å². The van der Waals surface area contributed by atoms with Crippen LogP contribution in [-0.2, 0) is 14.6 Å². The lowest BCUT2D eigenvalue weighted by Crippen LogP contribution is -2.46. The summed E-state index contributed by atoms with van der Waals surface area (Å²) in [5.74, 6) is 1.30. The van der Waals surface area contributed by atoms with Crippen molar-refractivity contribution in [1.82, 2.24) is 15.5 Å². The smallest absolute Gasteiger partial charge is 0.191 e. The van der Waals surface area contributed by atoms with Crippen molar-refractivity contribution in [2.75, 3.05) is 57.9 Å². The van der Waals surface area contributed by atoms with Crippen LogP contribution >= 0.6 is 24.0 Å². The third kappa shape index (κ3) is 9.95. The van der Waals surface area contributed by atoms with E-state index < -0.39 is 9.84 Å². The molecule has 1 unspecified atom stereocenters. The van der Waals surface area contributed by atoms with Gasteiger partial charge in [-0.05, 0) is 12.3 Å². The molecule has 2 N–H and O–H groups in total. The first-order chi connectivity index (χ1) is 11.2. The number of rotatable bonds is 7. The van der Waals surface area contributed by atoms with Gasteiger partial charge in [0, 0.05) is 39.8 Å². The Morgan fingerprint density at radius 3 is 2.32 bits per heavy atom. The molecule has 25 heavy (non-hydrogen) atoms. The second-order valence-electron chi connectivity index (χ2n) is 7.23. The summed E-state index contributed by atoms with van der Waals surface area (Å²) in [5.41, 5.74) is 0.0366. The maximum atomic E-state index is 11.4. The maximum absolute atomic E-state index is 11.4. The monoisotopic (exact) mass is 490 g/mol. The van der Waals surface area contributed by atoms with E-state index in [1.807, 2.05) is 6.92 Å². The lowest BCUT2D eigenvalue weighted by Gasteiger charge is -2.28. The van der Waals surface area contributed by atoms with Crippen molar-refractivity contribution in [2.45, 2.75) is 33.8 Å². The van der Waals surface area contributed by atoms with Crippen LogP contribution in [0.25, 0.3) is 0 Å². The maximum Gasteiger partial charge on any atom is 0.191 e. The molecule has 0 aromatic heterocycles. The highest BCUT2D eigenvalue weighted by Crippen LogP contribution is 2.21. The number of sulfone groups is 1. The molecule has 1 aliphatic rings. The molecule has 1 atom stereocenters. The predicted octanol–water partition coefficient (Wildman–Crippen LogP) is 0.951. The van der Waals surface area contributed by atoms with Crippen LogP contribution in [0.5, 0.6) is 0 Å². The minimum absolute atomic E-state index is 0. The van der Waals surface area contributed by atoms with Crippen LogP contribution in [0.4, 0.5) is 0 Å². The van der Waals surface area contributed by atoms with E-state index in [1.54, 1.807) is 7.11 Å². The molecule has 9 heteroatoms. The van der Waals surface area contributed by atoms with Gasteiger partial charge in [0.25, 0.3) is 0 Å². The minimum Gasteiger partial charge on any atom is -0.379 e. The summed E-state index contributed by atoms with van der Waals surface area (Å²) in [7, 11) is -1.09. The van der Waals surface area contributed by atoms with E-state index in [9.17, 15) is 8.42 Å². The van der Waals surface area contributed by atoms with Gasteiger partial charge in [-0.25, -0.2) is 8.42 Å². The summed E-state index contributed by atoms with van der Waals surface area (Å²) < 4.78 is 28.4. The number of hydrogen-bond donors (Lipinski definition) is 2. The quantitative estimate of drug-likeness (QED) is 0.314. The Morgan fingerprint density at radius 1 is 1.24 bits per heavy atom. The van der Waals surface area contributed by atoms with Crippen LogP contribution < -0.4 is 10.6 Å². The van der Waals surface area contributed by atoms with E-state index in [0.717, 1.165) is 25.6 Å². The van der Waals surface area contributed by atoms with E-state index in [1.165, 1.54) is 0 Å². The van der Waals surface area contributed by atoms with E-state index in [0.29, 0.717) is 19.6 Å². The average molecular weight is 490 g/mol. The molecular weight excluding hydrogens is 455 g/mol. The first kappa shape index (κ1) is 24.9. The first-order valence-corrected chi connectivity index (χ1v) is 10.5. The highest BCUT2D eigenvalue weighted by atomic mass is 127. The number of aliphatic imine (C=N–C) groups is 1. The SMILES string of the molecule is CCNC(=NCC(OC)C(C)(C)C)NCCN1CCS(=O)(=O)CC1.I. The van der Waals surface area contributed by atoms with Crippen LogP contribution in [0.1, 0.15) is 27.7 Å². The molecule has 0 aliphatic carbocycles. The van der Waals surface area contributed by atoms with Gasteiger partial charge >= 0.3 is 0 Å². The summed E-state index contributed by atoms with van der Waals surface area (Å²) in [4.78, 5) is 6.78. The Labute approximate surface area is 170 Å². The molecule has 0 amide bonds. The number of methoxy groups -OCH3 is 1. The van der Waals surface area contributed by atoms with Crippen LogP contribution in [0.15, 0.2) is 4.99 Å². The zero-order valence-electron chi connectivity index (χ0n) is 16.2. The van der Waals surface area contributed by atoms with Gasteiger partial charge in [0.15, 0.2) is 15.8 Å². The highest BCUT2D eigenvalue weighted by molar-refractivity contribution is 14.0. The Bertz CT molecular complexity index is 492. The number of hydrogen-bond acceptors (Lipinski definition) is 5.